The van der Waals surface area contributed by atoms with Crippen LogP contribution in [0.5, 0.6) is 0 Å². The molecule has 0 heterocycles. The predicted molar refractivity (Wildman–Crippen MR) is 68.8 cm³/mol. The molecule has 0 atom stereocenters. The van der Waals surface area contributed by atoms with Gasteiger partial charge in [0, 0.05) is 10.6 Å². The Morgan fingerprint density at radius 1 is 1.06 bits per heavy atom. The standard InChI is InChI=1S/C13H7Cl2FO2/c14-10-3-1-8(13(17)18)5-9(10)7-2-4-12(16)11(15)6-7/h1-6H,(H,17,18). The van der Waals surface area contributed by atoms with Gasteiger partial charge in [0.2, 0.25) is 0 Å². The van der Waals surface area contributed by atoms with E-state index in [0.29, 0.717) is 16.1 Å². The zero-order chi connectivity index (χ0) is 13.3. The number of rotatable bonds is 2. The molecule has 0 aliphatic carbocycles. The van der Waals surface area contributed by atoms with Crippen molar-refractivity contribution in [3.05, 3.63) is 57.8 Å². The fourth-order valence-electron chi connectivity index (χ4n) is 1.54. The summed E-state index contributed by atoms with van der Waals surface area (Å²) < 4.78 is 13.1. The van der Waals surface area contributed by atoms with Gasteiger partial charge in [0.05, 0.1) is 10.6 Å². The molecular weight excluding hydrogens is 278 g/mol. The zero-order valence-electron chi connectivity index (χ0n) is 8.95. The van der Waals surface area contributed by atoms with Gasteiger partial charge >= 0.3 is 5.97 Å². The van der Waals surface area contributed by atoms with Gasteiger partial charge in [0.25, 0.3) is 0 Å². The number of hydrogen-bond acceptors (Lipinski definition) is 1. The largest absolute Gasteiger partial charge is 0.478 e. The lowest BCUT2D eigenvalue weighted by atomic mass is 10.0. The molecule has 0 spiro atoms. The molecule has 92 valence electrons. The number of carboxylic acids is 1. The van der Waals surface area contributed by atoms with Crippen LogP contribution in [0.25, 0.3) is 11.1 Å². The number of halogens is 3. The first-order chi connectivity index (χ1) is 8.49. The zero-order valence-corrected chi connectivity index (χ0v) is 10.5. The SMILES string of the molecule is O=C(O)c1ccc(Cl)c(-c2ccc(F)c(Cl)c2)c1. The molecule has 0 aliphatic heterocycles. The molecule has 1 N–H and O–H groups in total. The molecule has 0 bridgehead atoms. The van der Waals surface area contributed by atoms with Crippen LogP contribution in [0.2, 0.25) is 10.0 Å². The minimum Gasteiger partial charge on any atom is -0.478 e. The quantitative estimate of drug-likeness (QED) is 0.882. The lowest BCUT2D eigenvalue weighted by Gasteiger charge is -2.07. The van der Waals surface area contributed by atoms with E-state index in [0.717, 1.165) is 0 Å². The number of aromatic carboxylic acids is 1. The molecule has 0 aliphatic rings. The molecule has 0 saturated heterocycles. The third kappa shape index (κ3) is 2.47. The number of carbonyl (C=O) groups is 1. The summed E-state index contributed by atoms with van der Waals surface area (Å²) in [5.41, 5.74) is 1.17. The molecule has 0 fully saturated rings. The summed E-state index contributed by atoms with van der Waals surface area (Å²) in [5, 5.41) is 9.26. The molecule has 18 heavy (non-hydrogen) atoms. The van der Waals surface area contributed by atoms with Gasteiger partial charge < -0.3 is 5.11 Å². The lowest BCUT2D eigenvalue weighted by Crippen LogP contribution is -1.96. The highest BCUT2D eigenvalue weighted by Crippen LogP contribution is 2.31. The van der Waals surface area contributed by atoms with Gasteiger partial charge in [0.1, 0.15) is 5.82 Å². The average Bonchev–Trinajstić information content (AvgIpc) is 2.33. The van der Waals surface area contributed by atoms with Gasteiger partial charge in [0.15, 0.2) is 0 Å². The van der Waals surface area contributed by atoms with Gasteiger partial charge in [-0.2, -0.15) is 0 Å². The summed E-state index contributed by atoms with van der Waals surface area (Å²) in [4.78, 5) is 10.9. The Morgan fingerprint density at radius 2 is 1.78 bits per heavy atom. The molecule has 0 radical (unpaired) electrons. The highest BCUT2D eigenvalue weighted by atomic mass is 35.5. The summed E-state index contributed by atoms with van der Waals surface area (Å²) >= 11 is 11.7. The first-order valence-electron chi connectivity index (χ1n) is 4.97. The van der Waals surface area contributed by atoms with Crippen LogP contribution >= 0.6 is 23.2 Å². The smallest absolute Gasteiger partial charge is 0.335 e. The van der Waals surface area contributed by atoms with Crippen molar-refractivity contribution in [1.82, 2.24) is 0 Å². The molecule has 2 aromatic rings. The Balaban J connectivity index is 2.58. The van der Waals surface area contributed by atoms with Crippen LogP contribution in [0.3, 0.4) is 0 Å². The number of hydrogen-bond donors (Lipinski definition) is 1. The van der Waals surface area contributed by atoms with Crippen LogP contribution in [0.1, 0.15) is 10.4 Å². The van der Waals surface area contributed by atoms with Gasteiger partial charge in [-0.15, -0.1) is 0 Å². The van der Waals surface area contributed by atoms with Crippen molar-refractivity contribution in [2.24, 2.45) is 0 Å². The Hall–Kier alpha value is -1.58. The first-order valence-corrected chi connectivity index (χ1v) is 5.73. The van der Waals surface area contributed by atoms with Crippen molar-refractivity contribution in [1.29, 1.82) is 0 Å². The molecule has 5 heteroatoms. The maximum Gasteiger partial charge on any atom is 0.335 e. The van der Waals surface area contributed by atoms with Crippen molar-refractivity contribution in [3.63, 3.8) is 0 Å². The fourth-order valence-corrected chi connectivity index (χ4v) is 1.95. The Morgan fingerprint density at radius 3 is 2.39 bits per heavy atom. The fraction of sp³-hybridized carbons (Fsp3) is 0. The maximum absolute atomic E-state index is 13.1. The first kappa shape index (κ1) is 12.9. The van der Waals surface area contributed by atoms with Gasteiger partial charge in [-0.05, 0) is 35.9 Å². The summed E-state index contributed by atoms with van der Waals surface area (Å²) in [6.07, 6.45) is 0. The van der Waals surface area contributed by atoms with E-state index >= 15 is 0 Å². The minimum atomic E-state index is -1.05. The van der Waals surface area contributed by atoms with E-state index in [1.54, 1.807) is 0 Å². The van der Waals surface area contributed by atoms with E-state index in [1.165, 1.54) is 36.4 Å². The van der Waals surface area contributed by atoms with Crippen LogP contribution in [-0.4, -0.2) is 11.1 Å². The van der Waals surface area contributed by atoms with E-state index in [2.05, 4.69) is 0 Å². The molecule has 0 aromatic heterocycles. The topological polar surface area (TPSA) is 37.3 Å². The molecule has 2 aromatic carbocycles. The van der Waals surface area contributed by atoms with Crippen molar-refractivity contribution in [2.45, 2.75) is 0 Å². The van der Waals surface area contributed by atoms with Gasteiger partial charge in [-0.1, -0.05) is 29.3 Å². The Kier molecular flexibility index (Phi) is 3.55. The summed E-state index contributed by atoms with van der Waals surface area (Å²) in [6, 6.07) is 8.42. The van der Waals surface area contributed by atoms with E-state index < -0.39 is 11.8 Å². The molecule has 0 amide bonds. The summed E-state index contributed by atoms with van der Waals surface area (Å²) in [5.74, 6) is -1.59. The average molecular weight is 285 g/mol. The van der Waals surface area contributed by atoms with Crippen LogP contribution in [0.4, 0.5) is 4.39 Å². The normalized spacial score (nSPS) is 10.4. The van der Waals surface area contributed by atoms with E-state index in [9.17, 15) is 9.18 Å². The molecule has 0 saturated carbocycles. The predicted octanol–water partition coefficient (Wildman–Crippen LogP) is 4.50. The summed E-state index contributed by atoms with van der Waals surface area (Å²) in [7, 11) is 0. The maximum atomic E-state index is 13.1. The minimum absolute atomic E-state index is 0.0377. The molecule has 2 rings (SSSR count). The van der Waals surface area contributed by atoms with Crippen molar-refractivity contribution in [3.8, 4) is 11.1 Å². The van der Waals surface area contributed by atoms with Gasteiger partial charge in [-0.3, -0.25) is 0 Å². The second-order valence-electron chi connectivity index (χ2n) is 3.63. The van der Waals surface area contributed by atoms with Gasteiger partial charge in [-0.25, -0.2) is 9.18 Å². The second kappa shape index (κ2) is 4.96. The van der Waals surface area contributed by atoms with Crippen molar-refractivity contribution in [2.75, 3.05) is 0 Å². The second-order valence-corrected chi connectivity index (χ2v) is 4.44. The third-order valence-corrected chi connectivity index (χ3v) is 3.06. The lowest BCUT2D eigenvalue weighted by molar-refractivity contribution is 0.0697. The molecular formula is C13H7Cl2FO2. The number of benzene rings is 2. The summed E-state index contributed by atoms with van der Waals surface area (Å²) in [6.45, 7) is 0. The number of carboxylic acid groups (broad SMARTS) is 1. The van der Waals surface area contributed by atoms with Crippen LogP contribution in [-0.2, 0) is 0 Å². The highest BCUT2D eigenvalue weighted by molar-refractivity contribution is 6.34. The monoisotopic (exact) mass is 284 g/mol. The highest BCUT2D eigenvalue weighted by Gasteiger charge is 2.10. The third-order valence-electron chi connectivity index (χ3n) is 2.44. The van der Waals surface area contributed by atoms with Crippen molar-refractivity contribution < 1.29 is 14.3 Å². The van der Waals surface area contributed by atoms with E-state index in [-0.39, 0.29) is 10.6 Å². The van der Waals surface area contributed by atoms with Crippen molar-refractivity contribution >= 4 is 29.2 Å². The van der Waals surface area contributed by atoms with Crippen LogP contribution in [0, 0.1) is 5.82 Å². The Bertz CT molecular complexity index is 626. The molecule has 0 unspecified atom stereocenters. The molecule has 2 nitrogen and oxygen atoms in total. The van der Waals surface area contributed by atoms with Crippen LogP contribution in [0.15, 0.2) is 36.4 Å². The van der Waals surface area contributed by atoms with E-state index in [4.69, 9.17) is 28.3 Å². The van der Waals surface area contributed by atoms with Crippen LogP contribution < -0.4 is 0 Å². The van der Waals surface area contributed by atoms with E-state index in [1.807, 2.05) is 0 Å². The Labute approximate surface area is 113 Å².